The van der Waals surface area contributed by atoms with E-state index in [2.05, 4.69) is 10.3 Å². The predicted octanol–water partition coefficient (Wildman–Crippen LogP) is 2.76. The van der Waals surface area contributed by atoms with Crippen LogP contribution in [0.2, 0.25) is 5.02 Å². The van der Waals surface area contributed by atoms with Gasteiger partial charge in [0.15, 0.2) is 11.7 Å². The van der Waals surface area contributed by atoms with E-state index < -0.39 is 0 Å². The van der Waals surface area contributed by atoms with E-state index in [-0.39, 0.29) is 0 Å². The SMILES string of the molecule is CNCCc1ncc(-c2ccccc2Cl)o1. The fourth-order valence-electron chi connectivity index (χ4n) is 1.44. The number of nitrogens with one attached hydrogen (secondary N) is 1. The molecule has 1 aromatic heterocycles. The van der Waals surface area contributed by atoms with Gasteiger partial charge in [-0.25, -0.2) is 4.98 Å². The van der Waals surface area contributed by atoms with E-state index in [4.69, 9.17) is 16.0 Å². The highest BCUT2D eigenvalue weighted by atomic mass is 35.5. The van der Waals surface area contributed by atoms with Crippen LogP contribution in [0.1, 0.15) is 5.89 Å². The normalized spacial score (nSPS) is 10.6. The summed E-state index contributed by atoms with van der Waals surface area (Å²) in [6.45, 7) is 0.850. The Kier molecular flexibility index (Phi) is 3.59. The Morgan fingerprint density at radius 1 is 1.38 bits per heavy atom. The van der Waals surface area contributed by atoms with E-state index in [1.807, 2.05) is 31.3 Å². The molecular weight excluding hydrogens is 224 g/mol. The van der Waals surface area contributed by atoms with E-state index in [0.29, 0.717) is 5.02 Å². The van der Waals surface area contributed by atoms with Crippen molar-refractivity contribution in [3.8, 4) is 11.3 Å². The van der Waals surface area contributed by atoms with Crippen LogP contribution in [0.3, 0.4) is 0 Å². The summed E-state index contributed by atoms with van der Waals surface area (Å²) in [6, 6.07) is 7.58. The Labute approximate surface area is 99.5 Å². The molecule has 2 rings (SSSR count). The zero-order valence-corrected chi connectivity index (χ0v) is 9.79. The molecule has 4 heteroatoms. The van der Waals surface area contributed by atoms with E-state index in [1.54, 1.807) is 6.20 Å². The maximum Gasteiger partial charge on any atom is 0.196 e. The van der Waals surface area contributed by atoms with Crippen molar-refractivity contribution >= 4 is 11.6 Å². The van der Waals surface area contributed by atoms with Gasteiger partial charge in [0.25, 0.3) is 0 Å². The van der Waals surface area contributed by atoms with Gasteiger partial charge < -0.3 is 9.73 Å². The van der Waals surface area contributed by atoms with Gasteiger partial charge in [0.2, 0.25) is 0 Å². The number of hydrogen-bond donors (Lipinski definition) is 1. The molecule has 0 fully saturated rings. The number of likely N-dealkylation sites (N-methyl/N-ethyl adjacent to an activating group) is 1. The van der Waals surface area contributed by atoms with Crippen molar-refractivity contribution in [1.82, 2.24) is 10.3 Å². The number of rotatable bonds is 4. The highest BCUT2D eigenvalue weighted by molar-refractivity contribution is 6.33. The van der Waals surface area contributed by atoms with Gasteiger partial charge in [-0.3, -0.25) is 0 Å². The Morgan fingerprint density at radius 2 is 2.19 bits per heavy atom. The standard InChI is InChI=1S/C12H13ClN2O/c1-14-7-6-12-15-8-11(16-12)9-4-2-3-5-10(9)13/h2-5,8,14H,6-7H2,1H3. The third-order valence-electron chi connectivity index (χ3n) is 2.28. The summed E-state index contributed by atoms with van der Waals surface area (Å²) in [6.07, 6.45) is 2.49. The molecule has 1 heterocycles. The third-order valence-corrected chi connectivity index (χ3v) is 2.61. The molecule has 0 amide bonds. The van der Waals surface area contributed by atoms with Gasteiger partial charge in [-0.05, 0) is 19.2 Å². The van der Waals surface area contributed by atoms with Crippen molar-refractivity contribution in [2.75, 3.05) is 13.6 Å². The molecule has 2 aromatic rings. The number of benzene rings is 1. The second-order valence-corrected chi connectivity index (χ2v) is 3.86. The zero-order valence-electron chi connectivity index (χ0n) is 9.03. The van der Waals surface area contributed by atoms with Crippen molar-refractivity contribution in [2.45, 2.75) is 6.42 Å². The molecule has 3 nitrogen and oxygen atoms in total. The average Bonchev–Trinajstić information content (AvgIpc) is 2.75. The van der Waals surface area contributed by atoms with E-state index in [9.17, 15) is 0 Å². The van der Waals surface area contributed by atoms with Crippen LogP contribution in [0, 0.1) is 0 Å². The first-order valence-corrected chi connectivity index (χ1v) is 5.53. The molecule has 0 spiro atoms. The molecule has 0 aliphatic carbocycles. The number of aromatic nitrogens is 1. The summed E-state index contributed by atoms with van der Waals surface area (Å²) in [5, 5.41) is 3.73. The first kappa shape index (κ1) is 11.2. The smallest absolute Gasteiger partial charge is 0.196 e. The zero-order chi connectivity index (χ0) is 11.4. The highest BCUT2D eigenvalue weighted by Crippen LogP contribution is 2.27. The monoisotopic (exact) mass is 236 g/mol. The summed E-state index contributed by atoms with van der Waals surface area (Å²) < 4.78 is 5.62. The van der Waals surface area contributed by atoms with Crippen LogP contribution in [-0.2, 0) is 6.42 Å². The molecule has 1 N–H and O–H groups in total. The number of hydrogen-bond acceptors (Lipinski definition) is 3. The van der Waals surface area contributed by atoms with Gasteiger partial charge in [0.1, 0.15) is 0 Å². The van der Waals surface area contributed by atoms with Gasteiger partial charge >= 0.3 is 0 Å². The topological polar surface area (TPSA) is 38.1 Å². The average molecular weight is 237 g/mol. The fourth-order valence-corrected chi connectivity index (χ4v) is 1.67. The van der Waals surface area contributed by atoms with Crippen LogP contribution in [0.4, 0.5) is 0 Å². The second-order valence-electron chi connectivity index (χ2n) is 3.45. The lowest BCUT2D eigenvalue weighted by Gasteiger charge is -1.98. The minimum atomic E-state index is 0.679. The Bertz CT molecular complexity index is 468. The van der Waals surface area contributed by atoms with Crippen LogP contribution >= 0.6 is 11.6 Å². The van der Waals surface area contributed by atoms with Gasteiger partial charge in [0.05, 0.1) is 11.2 Å². The van der Waals surface area contributed by atoms with Crippen LogP contribution in [-0.4, -0.2) is 18.6 Å². The number of oxazole rings is 1. The van der Waals surface area contributed by atoms with Gasteiger partial charge in [-0.15, -0.1) is 0 Å². The molecule has 0 radical (unpaired) electrons. The molecular formula is C12H13ClN2O. The lowest BCUT2D eigenvalue weighted by Crippen LogP contribution is -2.10. The number of nitrogens with zero attached hydrogens (tertiary/aromatic N) is 1. The second kappa shape index (κ2) is 5.14. The molecule has 0 saturated heterocycles. The minimum absolute atomic E-state index is 0.679. The maximum absolute atomic E-state index is 6.07. The van der Waals surface area contributed by atoms with Crippen LogP contribution in [0.5, 0.6) is 0 Å². The lowest BCUT2D eigenvalue weighted by molar-refractivity contribution is 0.501. The van der Waals surface area contributed by atoms with Crippen molar-refractivity contribution < 1.29 is 4.42 Å². The number of halogens is 1. The summed E-state index contributed by atoms with van der Waals surface area (Å²) in [4.78, 5) is 4.21. The van der Waals surface area contributed by atoms with Gasteiger partial charge in [-0.2, -0.15) is 0 Å². The highest BCUT2D eigenvalue weighted by Gasteiger charge is 2.08. The molecule has 84 valence electrons. The third kappa shape index (κ3) is 2.43. The molecule has 0 aliphatic heterocycles. The summed E-state index contributed by atoms with van der Waals surface area (Å²) in [5.41, 5.74) is 0.882. The van der Waals surface area contributed by atoms with Crippen LogP contribution < -0.4 is 5.32 Å². The summed E-state index contributed by atoms with van der Waals surface area (Å²) >= 11 is 6.07. The van der Waals surface area contributed by atoms with Crippen LogP contribution in [0.15, 0.2) is 34.9 Å². The molecule has 0 atom stereocenters. The largest absolute Gasteiger partial charge is 0.441 e. The van der Waals surface area contributed by atoms with Crippen molar-refractivity contribution in [1.29, 1.82) is 0 Å². The van der Waals surface area contributed by atoms with Gasteiger partial charge in [-0.1, -0.05) is 23.7 Å². The van der Waals surface area contributed by atoms with Crippen molar-refractivity contribution in [3.05, 3.63) is 41.4 Å². The Balaban J connectivity index is 2.22. The summed E-state index contributed by atoms with van der Waals surface area (Å²) in [5.74, 6) is 1.45. The molecule has 1 aromatic carbocycles. The first-order valence-electron chi connectivity index (χ1n) is 5.15. The maximum atomic E-state index is 6.07. The lowest BCUT2D eigenvalue weighted by atomic mass is 10.2. The van der Waals surface area contributed by atoms with Gasteiger partial charge in [0, 0.05) is 18.5 Å². The van der Waals surface area contributed by atoms with Crippen molar-refractivity contribution in [2.24, 2.45) is 0 Å². The van der Waals surface area contributed by atoms with Crippen molar-refractivity contribution in [3.63, 3.8) is 0 Å². The predicted molar refractivity (Wildman–Crippen MR) is 64.6 cm³/mol. The Hall–Kier alpha value is -1.32. The molecule has 0 aliphatic rings. The molecule has 0 unspecified atom stereocenters. The fraction of sp³-hybridized carbons (Fsp3) is 0.250. The molecule has 0 bridgehead atoms. The Morgan fingerprint density at radius 3 is 2.94 bits per heavy atom. The first-order chi connectivity index (χ1) is 7.81. The summed E-state index contributed by atoms with van der Waals surface area (Å²) in [7, 11) is 1.90. The molecule has 0 saturated carbocycles. The van der Waals surface area contributed by atoms with E-state index in [0.717, 1.165) is 30.2 Å². The van der Waals surface area contributed by atoms with E-state index >= 15 is 0 Å². The molecule has 16 heavy (non-hydrogen) atoms. The minimum Gasteiger partial charge on any atom is -0.441 e. The quantitative estimate of drug-likeness (QED) is 0.887. The van der Waals surface area contributed by atoms with E-state index in [1.165, 1.54) is 0 Å². The van der Waals surface area contributed by atoms with Crippen LogP contribution in [0.25, 0.3) is 11.3 Å².